The third-order valence-corrected chi connectivity index (χ3v) is 4.00. The predicted molar refractivity (Wildman–Crippen MR) is 66.3 cm³/mol. The van der Waals surface area contributed by atoms with Crippen LogP contribution in [0.2, 0.25) is 0 Å². The fraction of sp³-hybridized carbons (Fsp3) is 0.923. The lowest BCUT2D eigenvalue weighted by molar-refractivity contribution is -0.201. The van der Waals surface area contributed by atoms with Crippen molar-refractivity contribution in [3.05, 3.63) is 0 Å². The van der Waals surface area contributed by atoms with E-state index < -0.39 is 11.8 Å². The van der Waals surface area contributed by atoms with Gasteiger partial charge < -0.3 is 19.5 Å². The molecule has 2 saturated heterocycles. The van der Waals surface area contributed by atoms with Crippen LogP contribution in [0.1, 0.15) is 32.6 Å². The van der Waals surface area contributed by atoms with Crippen molar-refractivity contribution in [2.24, 2.45) is 5.92 Å². The van der Waals surface area contributed by atoms with Crippen molar-refractivity contribution < 1.29 is 19.4 Å². The molecule has 3 unspecified atom stereocenters. The second kappa shape index (κ2) is 5.55. The summed E-state index contributed by atoms with van der Waals surface area (Å²) in [5, 5.41) is 8.68. The van der Waals surface area contributed by atoms with Gasteiger partial charge in [0.2, 0.25) is 0 Å². The molecular formula is C13H23NO4. The minimum atomic E-state index is -0.774. The minimum absolute atomic E-state index is 0.0710. The van der Waals surface area contributed by atoms with Crippen LogP contribution in [0.25, 0.3) is 0 Å². The summed E-state index contributed by atoms with van der Waals surface area (Å²) in [7, 11) is 2.12. The Morgan fingerprint density at radius 3 is 3.00 bits per heavy atom. The molecule has 0 aromatic heterocycles. The Balaban J connectivity index is 1.86. The summed E-state index contributed by atoms with van der Waals surface area (Å²) < 4.78 is 11.8. The van der Waals surface area contributed by atoms with Crippen LogP contribution in [0.4, 0.5) is 0 Å². The van der Waals surface area contributed by atoms with E-state index in [1.54, 1.807) is 0 Å². The highest BCUT2D eigenvalue weighted by molar-refractivity contribution is 5.66. The van der Waals surface area contributed by atoms with Crippen LogP contribution in [0, 0.1) is 5.92 Å². The summed E-state index contributed by atoms with van der Waals surface area (Å²) in [6.45, 7) is 4.64. The topological polar surface area (TPSA) is 59.0 Å². The summed E-state index contributed by atoms with van der Waals surface area (Å²) >= 11 is 0. The summed E-state index contributed by atoms with van der Waals surface area (Å²) in [6, 6.07) is 0. The maximum atomic E-state index is 10.6. The molecule has 18 heavy (non-hydrogen) atoms. The third kappa shape index (κ3) is 3.22. The SMILES string of the molecule is CN1CCCC(C2(C)OCC(CCC(=O)O)O2)C1. The van der Waals surface area contributed by atoms with E-state index in [-0.39, 0.29) is 12.5 Å². The lowest BCUT2D eigenvalue weighted by atomic mass is 9.91. The summed E-state index contributed by atoms with van der Waals surface area (Å²) in [5.41, 5.74) is 0. The normalized spacial score (nSPS) is 37.9. The van der Waals surface area contributed by atoms with Gasteiger partial charge in [-0.2, -0.15) is 0 Å². The molecule has 2 aliphatic heterocycles. The van der Waals surface area contributed by atoms with Crippen molar-refractivity contribution in [2.45, 2.75) is 44.5 Å². The average molecular weight is 257 g/mol. The number of hydrogen-bond donors (Lipinski definition) is 1. The first-order valence-corrected chi connectivity index (χ1v) is 6.72. The molecule has 0 amide bonds. The monoisotopic (exact) mass is 257 g/mol. The van der Waals surface area contributed by atoms with Crippen molar-refractivity contribution in [3.63, 3.8) is 0 Å². The van der Waals surface area contributed by atoms with Gasteiger partial charge in [0.25, 0.3) is 0 Å². The number of ether oxygens (including phenoxy) is 2. The first-order chi connectivity index (χ1) is 8.49. The number of carboxylic acid groups (broad SMARTS) is 1. The number of aliphatic carboxylic acids is 1. The Morgan fingerprint density at radius 2 is 2.33 bits per heavy atom. The van der Waals surface area contributed by atoms with Crippen LogP contribution in [0.15, 0.2) is 0 Å². The van der Waals surface area contributed by atoms with Gasteiger partial charge in [0, 0.05) is 18.9 Å². The number of hydrogen-bond acceptors (Lipinski definition) is 4. The highest BCUT2D eigenvalue weighted by Crippen LogP contribution is 2.36. The van der Waals surface area contributed by atoms with Gasteiger partial charge in [-0.15, -0.1) is 0 Å². The van der Waals surface area contributed by atoms with E-state index in [4.69, 9.17) is 14.6 Å². The third-order valence-electron chi connectivity index (χ3n) is 4.00. The van der Waals surface area contributed by atoms with E-state index in [0.717, 1.165) is 19.5 Å². The molecule has 0 radical (unpaired) electrons. The Kier molecular flexibility index (Phi) is 4.25. The van der Waals surface area contributed by atoms with Gasteiger partial charge >= 0.3 is 5.97 Å². The van der Waals surface area contributed by atoms with Gasteiger partial charge in [0.05, 0.1) is 12.7 Å². The fourth-order valence-electron chi connectivity index (χ4n) is 2.89. The lowest BCUT2D eigenvalue weighted by Gasteiger charge is -2.38. The van der Waals surface area contributed by atoms with Crippen molar-refractivity contribution >= 4 is 5.97 Å². The van der Waals surface area contributed by atoms with Gasteiger partial charge in [0.1, 0.15) is 0 Å². The predicted octanol–water partition coefficient (Wildman–Crippen LogP) is 1.32. The number of rotatable bonds is 4. The Labute approximate surface area is 108 Å². The molecule has 2 fully saturated rings. The molecule has 5 heteroatoms. The summed E-state index contributed by atoms with van der Waals surface area (Å²) in [6.07, 6.45) is 2.90. The maximum Gasteiger partial charge on any atom is 0.303 e. The van der Waals surface area contributed by atoms with E-state index in [1.165, 1.54) is 6.42 Å². The fourth-order valence-corrected chi connectivity index (χ4v) is 2.89. The molecule has 104 valence electrons. The zero-order chi connectivity index (χ0) is 13.2. The molecule has 0 aromatic rings. The Hall–Kier alpha value is -0.650. The molecular weight excluding hydrogens is 234 g/mol. The zero-order valence-corrected chi connectivity index (χ0v) is 11.2. The Morgan fingerprint density at radius 1 is 1.56 bits per heavy atom. The second-order valence-electron chi connectivity index (χ2n) is 5.60. The van der Waals surface area contributed by atoms with Crippen molar-refractivity contribution in [1.29, 1.82) is 0 Å². The van der Waals surface area contributed by atoms with Crippen LogP contribution in [-0.4, -0.2) is 54.6 Å². The molecule has 3 atom stereocenters. The van der Waals surface area contributed by atoms with Crippen LogP contribution in [-0.2, 0) is 14.3 Å². The summed E-state index contributed by atoms with van der Waals surface area (Å²) in [4.78, 5) is 12.9. The smallest absolute Gasteiger partial charge is 0.303 e. The van der Waals surface area contributed by atoms with Crippen molar-refractivity contribution in [3.8, 4) is 0 Å². The van der Waals surface area contributed by atoms with Gasteiger partial charge in [-0.1, -0.05) is 0 Å². The first kappa shape index (κ1) is 13.8. The van der Waals surface area contributed by atoms with E-state index in [0.29, 0.717) is 18.9 Å². The zero-order valence-electron chi connectivity index (χ0n) is 11.2. The number of piperidine rings is 1. The van der Waals surface area contributed by atoms with E-state index in [1.807, 2.05) is 6.92 Å². The number of likely N-dealkylation sites (tertiary alicyclic amines) is 1. The molecule has 0 saturated carbocycles. The van der Waals surface area contributed by atoms with Crippen LogP contribution in [0.5, 0.6) is 0 Å². The quantitative estimate of drug-likeness (QED) is 0.823. The van der Waals surface area contributed by atoms with Gasteiger partial charge in [-0.05, 0) is 39.8 Å². The van der Waals surface area contributed by atoms with E-state index in [9.17, 15) is 4.79 Å². The van der Waals surface area contributed by atoms with Crippen LogP contribution < -0.4 is 0 Å². The molecule has 1 N–H and O–H groups in total. The standard InChI is InChI=1S/C13H23NO4/c1-13(10-4-3-7-14(2)8-10)17-9-11(18-13)5-6-12(15)16/h10-11H,3-9H2,1-2H3,(H,15,16). The molecule has 5 nitrogen and oxygen atoms in total. The Bertz CT molecular complexity index is 309. The van der Waals surface area contributed by atoms with Gasteiger partial charge in [0.15, 0.2) is 5.79 Å². The average Bonchev–Trinajstić information content (AvgIpc) is 2.70. The molecule has 0 aromatic carbocycles. The molecule has 0 bridgehead atoms. The summed E-state index contributed by atoms with van der Waals surface area (Å²) in [5.74, 6) is -0.923. The lowest BCUT2D eigenvalue weighted by Crippen LogP contribution is -2.46. The van der Waals surface area contributed by atoms with Crippen LogP contribution >= 0.6 is 0 Å². The van der Waals surface area contributed by atoms with Gasteiger partial charge in [-0.3, -0.25) is 4.79 Å². The largest absolute Gasteiger partial charge is 0.481 e. The van der Waals surface area contributed by atoms with Gasteiger partial charge in [-0.25, -0.2) is 0 Å². The molecule has 2 rings (SSSR count). The molecule has 2 aliphatic rings. The highest BCUT2D eigenvalue weighted by atomic mass is 16.7. The maximum absolute atomic E-state index is 10.6. The highest BCUT2D eigenvalue weighted by Gasteiger charge is 2.44. The minimum Gasteiger partial charge on any atom is -0.481 e. The molecule has 0 aliphatic carbocycles. The molecule has 2 heterocycles. The molecule has 0 spiro atoms. The van der Waals surface area contributed by atoms with Crippen molar-refractivity contribution in [2.75, 3.05) is 26.7 Å². The van der Waals surface area contributed by atoms with E-state index >= 15 is 0 Å². The van der Waals surface area contributed by atoms with Crippen molar-refractivity contribution in [1.82, 2.24) is 4.90 Å². The number of carboxylic acids is 1. The number of nitrogens with zero attached hydrogens (tertiary/aromatic N) is 1. The van der Waals surface area contributed by atoms with Crippen LogP contribution in [0.3, 0.4) is 0 Å². The number of carbonyl (C=O) groups is 1. The second-order valence-corrected chi connectivity index (χ2v) is 5.60. The first-order valence-electron chi connectivity index (χ1n) is 6.72. The van der Waals surface area contributed by atoms with E-state index in [2.05, 4.69) is 11.9 Å².